The molecule has 0 N–H and O–H groups in total. The molecule has 0 aliphatic heterocycles. The maximum atomic E-state index is 2.17. The number of nitrogens with zero attached hydrogens (tertiary/aromatic N) is 1. The van der Waals surface area contributed by atoms with E-state index in [0.29, 0.717) is 0 Å². The van der Waals surface area contributed by atoms with E-state index in [0.717, 1.165) is 26.1 Å². The second-order valence-corrected chi connectivity index (χ2v) is 3.45. The van der Waals surface area contributed by atoms with Crippen molar-refractivity contribution in [3.05, 3.63) is 24.5 Å². The van der Waals surface area contributed by atoms with Gasteiger partial charge in [0, 0.05) is 0 Å². The van der Waals surface area contributed by atoms with Crippen LogP contribution >= 0.6 is 0 Å². The van der Waals surface area contributed by atoms with Crippen LogP contribution in [0.4, 0.5) is 0 Å². The zero-order valence-electron chi connectivity index (χ0n) is 3.33. The standard InChI is InChI=1S/C4H4N.Pb.H/c1-2-4-5-3-1;;/h1-4H;;/q-1;+1;. The molecule has 0 bridgehead atoms. The van der Waals surface area contributed by atoms with Crippen molar-refractivity contribution in [2.75, 3.05) is 0 Å². The molecule has 0 amide bonds. The number of hydrogen-bond donors (Lipinski definition) is 0. The number of hydrogen-bond acceptors (Lipinski definition) is 0. The summed E-state index contributed by atoms with van der Waals surface area (Å²) in [4.78, 5) is 0. The van der Waals surface area contributed by atoms with Gasteiger partial charge in [0.15, 0.2) is 0 Å². The summed E-state index contributed by atoms with van der Waals surface area (Å²) in [6.45, 7) is 0. The van der Waals surface area contributed by atoms with Gasteiger partial charge in [0.25, 0.3) is 0 Å². The van der Waals surface area contributed by atoms with Gasteiger partial charge in [0.1, 0.15) is 0 Å². The third kappa shape index (κ3) is 0.831. The third-order valence-electron chi connectivity index (χ3n) is 0.628. The van der Waals surface area contributed by atoms with Crippen LogP contribution < -0.4 is 0 Å². The fraction of sp³-hybridized carbons (Fsp3) is 0. The van der Waals surface area contributed by atoms with Crippen molar-refractivity contribution < 1.29 is 0 Å². The van der Waals surface area contributed by atoms with Crippen molar-refractivity contribution >= 4 is 26.1 Å². The van der Waals surface area contributed by atoms with Crippen molar-refractivity contribution in [1.29, 1.82) is 0 Å². The second-order valence-electron chi connectivity index (χ2n) is 1.13. The summed E-state index contributed by atoms with van der Waals surface area (Å²) in [6, 6.07) is 4.08. The van der Waals surface area contributed by atoms with E-state index in [-0.39, 0.29) is 0 Å². The predicted octanol–water partition coefficient (Wildman–Crippen LogP) is 0.152. The van der Waals surface area contributed by atoms with E-state index in [1.165, 1.54) is 0 Å². The Morgan fingerprint density at radius 1 is 1.17 bits per heavy atom. The van der Waals surface area contributed by atoms with Gasteiger partial charge in [0.05, 0.1) is 0 Å². The third-order valence-corrected chi connectivity index (χ3v) is 1.97. The van der Waals surface area contributed by atoms with E-state index in [1.54, 1.807) is 0 Å². The van der Waals surface area contributed by atoms with Crippen molar-refractivity contribution in [2.24, 2.45) is 0 Å². The normalized spacial score (nSPS) is 8.83. The van der Waals surface area contributed by atoms with E-state index in [1.807, 2.05) is 12.1 Å². The van der Waals surface area contributed by atoms with Crippen LogP contribution in [0.3, 0.4) is 0 Å². The summed E-state index contributed by atoms with van der Waals surface area (Å²) in [5, 5.41) is 0. The zero-order chi connectivity index (χ0) is 4.41. The quantitative estimate of drug-likeness (QED) is 0.594. The molecule has 2 radical (unpaired) electrons. The molecule has 0 aliphatic rings. The summed E-state index contributed by atoms with van der Waals surface area (Å²) in [5.41, 5.74) is 0. The first-order valence-electron chi connectivity index (χ1n) is 1.77. The van der Waals surface area contributed by atoms with E-state index in [2.05, 4.69) is 14.8 Å². The summed E-state index contributed by atoms with van der Waals surface area (Å²) in [7, 11) is 0. The maximum absolute atomic E-state index is 2.17. The van der Waals surface area contributed by atoms with Crippen LogP contribution in [0.15, 0.2) is 24.5 Å². The molecule has 0 aliphatic carbocycles. The first-order chi connectivity index (χ1) is 2.89. The molecule has 1 aromatic rings. The first kappa shape index (κ1) is 4.36. The average molecular weight is 274 g/mol. The second kappa shape index (κ2) is 1.77. The summed E-state index contributed by atoms with van der Waals surface area (Å²) < 4.78 is 2.17. The topological polar surface area (TPSA) is 4.93 Å². The Labute approximate surface area is 53.1 Å². The van der Waals surface area contributed by atoms with Gasteiger partial charge in [0.2, 0.25) is 0 Å². The zero-order valence-corrected chi connectivity index (χ0v) is 7.82. The molecular weight excluding hydrogens is 269 g/mol. The van der Waals surface area contributed by atoms with Crippen LogP contribution in [-0.4, -0.2) is 28.4 Å². The Morgan fingerprint density at radius 3 is 1.83 bits per heavy atom. The molecule has 30 valence electrons. The van der Waals surface area contributed by atoms with Crippen LogP contribution in [0.1, 0.15) is 0 Å². The number of rotatable bonds is 0. The minimum absolute atomic E-state index is 0.935. The van der Waals surface area contributed by atoms with E-state index in [9.17, 15) is 0 Å². The first-order valence-corrected chi connectivity index (χ1v) is 3.78. The minimum atomic E-state index is 0.935. The molecule has 0 saturated carbocycles. The molecule has 2 heteroatoms. The van der Waals surface area contributed by atoms with Crippen molar-refractivity contribution in [3.63, 3.8) is 0 Å². The van der Waals surface area contributed by atoms with E-state index in [4.69, 9.17) is 0 Å². The van der Waals surface area contributed by atoms with Gasteiger partial charge in [-0.05, 0) is 0 Å². The van der Waals surface area contributed by atoms with Gasteiger partial charge < -0.3 is 0 Å². The van der Waals surface area contributed by atoms with Crippen molar-refractivity contribution in [1.82, 2.24) is 2.38 Å². The Balaban J connectivity index is 3.05. The summed E-state index contributed by atoms with van der Waals surface area (Å²) in [5.74, 6) is 0. The van der Waals surface area contributed by atoms with Gasteiger partial charge in [-0.25, -0.2) is 0 Å². The Bertz CT molecular complexity index is 111. The fourth-order valence-electron chi connectivity index (χ4n) is 0.348. The Kier molecular flexibility index (Phi) is 1.29. The van der Waals surface area contributed by atoms with Crippen LogP contribution in [0.5, 0.6) is 0 Å². The van der Waals surface area contributed by atoms with Crippen molar-refractivity contribution in [3.8, 4) is 0 Å². The molecule has 0 unspecified atom stereocenters. The van der Waals surface area contributed by atoms with Gasteiger partial charge in [-0.3, -0.25) is 0 Å². The predicted molar refractivity (Wildman–Crippen MR) is 27.0 cm³/mol. The summed E-state index contributed by atoms with van der Waals surface area (Å²) in [6.07, 6.45) is 4.15. The fourth-order valence-corrected chi connectivity index (χ4v) is 1.12. The van der Waals surface area contributed by atoms with Crippen LogP contribution in [0.25, 0.3) is 0 Å². The molecular formula is C4H5NPb. The molecule has 1 aromatic heterocycles. The van der Waals surface area contributed by atoms with Gasteiger partial charge in [-0.1, -0.05) is 0 Å². The van der Waals surface area contributed by atoms with Crippen molar-refractivity contribution in [2.45, 2.75) is 0 Å². The van der Waals surface area contributed by atoms with Gasteiger partial charge >= 0.3 is 53.0 Å². The summed E-state index contributed by atoms with van der Waals surface area (Å²) >= 11 is 0.935. The Hall–Kier alpha value is 0.202. The molecule has 6 heavy (non-hydrogen) atoms. The van der Waals surface area contributed by atoms with Gasteiger partial charge in [-0.15, -0.1) is 0 Å². The Morgan fingerprint density at radius 2 is 1.67 bits per heavy atom. The molecule has 1 rings (SSSR count). The molecule has 0 spiro atoms. The monoisotopic (exact) mass is 275 g/mol. The van der Waals surface area contributed by atoms with Crippen LogP contribution in [0, 0.1) is 0 Å². The molecule has 0 saturated heterocycles. The SMILES string of the molecule is [PbH][n]1cccc1. The number of aromatic nitrogens is 1. The van der Waals surface area contributed by atoms with E-state index >= 15 is 0 Å². The van der Waals surface area contributed by atoms with Crippen LogP contribution in [0.2, 0.25) is 0 Å². The molecule has 1 nitrogen and oxygen atoms in total. The van der Waals surface area contributed by atoms with Gasteiger partial charge in [-0.2, -0.15) is 0 Å². The van der Waals surface area contributed by atoms with Crippen LogP contribution in [-0.2, 0) is 0 Å². The molecule has 0 aromatic carbocycles. The molecule has 0 atom stereocenters. The van der Waals surface area contributed by atoms with E-state index < -0.39 is 0 Å². The molecule has 0 fully saturated rings. The molecule has 1 heterocycles. The average Bonchev–Trinajstić information content (AvgIpc) is 1.86.